The second-order valence-corrected chi connectivity index (χ2v) is 5.68. The number of unbranched alkanes of at least 4 members (excludes halogenated alkanes) is 1. The molecule has 1 unspecified atom stereocenters. The van der Waals surface area contributed by atoms with E-state index in [0.29, 0.717) is 0 Å². The fourth-order valence-electron chi connectivity index (χ4n) is 2.80. The van der Waals surface area contributed by atoms with Gasteiger partial charge >= 0.3 is 0 Å². The van der Waals surface area contributed by atoms with Crippen molar-refractivity contribution in [3.05, 3.63) is 12.7 Å². The molecule has 1 heterocycles. The number of hydrogen-bond donors (Lipinski definition) is 1. The summed E-state index contributed by atoms with van der Waals surface area (Å²) in [5, 5.41) is 3.53. The minimum absolute atomic E-state index is 0.752. The van der Waals surface area contributed by atoms with Crippen LogP contribution >= 0.6 is 0 Å². The van der Waals surface area contributed by atoms with Crippen molar-refractivity contribution in [2.24, 2.45) is 10.9 Å². The molecule has 1 N–H and O–H groups in total. The number of likely N-dealkylation sites (tertiary alicyclic amines) is 1. The SMILES string of the molecule is C=CCCCN(C)C(=NC)NCC1CCCN(CC)C1. The van der Waals surface area contributed by atoms with E-state index < -0.39 is 0 Å². The number of piperidine rings is 1. The first-order valence-corrected chi connectivity index (χ1v) is 7.96. The monoisotopic (exact) mass is 280 g/mol. The second-order valence-electron chi connectivity index (χ2n) is 5.68. The van der Waals surface area contributed by atoms with Crippen LogP contribution in [0.3, 0.4) is 0 Å². The van der Waals surface area contributed by atoms with Gasteiger partial charge in [-0.15, -0.1) is 6.58 Å². The van der Waals surface area contributed by atoms with E-state index in [0.717, 1.165) is 37.8 Å². The lowest BCUT2D eigenvalue weighted by atomic mass is 9.98. The van der Waals surface area contributed by atoms with Crippen molar-refractivity contribution in [2.75, 3.05) is 46.8 Å². The van der Waals surface area contributed by atoms with Crippen LogP contribution < -0.4 is 5.32 Å². The molecule has 4 nitrogen and oxygen atoms in total. The summed E-state index contributed by atoms with van der Waals surface area (Å²) in [4.78, 5) is 9.14. The highest BCUT2D eigenvalue weighted by molar-refractivity contribution is 5.79. The van der Waals surface area contributed by atoms with Gasteiger partial charge < -0.3 is 15.1 Å². The quantitative estimate of drug-likeness (QED) is 0.336. The Balaban J connectivity index is 2.31. The van der Waals surface area contributed by atoms with Crippen LogP contribution in [0.1, 0.15) is 32.6 Å². The van der Waals surface area contributed by atoms with Crippen molar-refractivity contribution in [3.8, 4) is 0 Å². The molecule has 0 spiro atoms. The number of nitrogens with zero attached hydrogens (tertiary/aromatic N) is 3. The lowest BCUT2D eigenvalue weighted by Gasteiger charge is -2.33. The van der Waals surface area contributed by atoms with Crippen molar-refractivity contribution in [2.45, 2.75) is 32.6 Å². The van der Waals surface area contributed by atoms with Crippen LogP contribution in [-0.2, 0) is 0 Å². The van der Waals surface area contributed by atoms with E-state index in [-0.39, 0.29) is 0 Å². The molecule has 1 saturated heterocycles. The van der Waals surface area contributed by atoms with E-state index in [1.165, 1.54) is 32.5 Å². The van der Waals surface area contributed by atoms with E-state index in [1.807, 2.05) is 13.1 Å². The number of nitrogens with one attached hydrogen (secondary N) is 1. The van der Waals surface area contributed by atoms with Gasteiger partial charge in [-0.05, 0) is 44.7 Å². The molecule has 4 heteroatoms. The molecule has 0 aliphatic carbocycles. The van der Waals surface area contributed by atoms with Gasteiger partial charge in [0.05, 0.1) is 0 Å². The highest BCUT2D eigenvalue weighted by atomic mass is 15.3. The molecule has 1 fully saturated rings. The zero-order valence-corrected chi connectivity index (χ0v) is 13.6. The number of guanidine groups is 1. The molecule has 1 aliphatic heterocycles. The average molecular weight is 280 g/mol. The fraction of sp³-hybridized carbons (Fsp3) is 0.812. The van der Waals surface area contributed by atoms with Crippen molar-refractivity contribution < 1.29 is 0 Å². The maximum absolute atomic E-state index is 4.38. The Kier molecular flexibility index (Phi) is 8.35. The van der Waals surface area contributed by atoms with Crippen molar-refractivity contribution in [3.63, 3.8) is 0 Å². The zero-order chi connectivity index (χ0) is 14.8. The van der Waals surface area contributed by atoms with Crippen LogP contribution in [0.2, 0.25) is 0 Å². The Bertz CT molecular complexity index is 301. The van der Waals surface area contributed by atoms with Crippen LogP contribution in [0, 0.1) is 5.92 Å². The van der Waals surface area contributed by atoms with Gasteiger partial charge in [0.1, 0.15) is 0 Å². The van der Waals surface area contributed by atoms with Crippen LogP contribution in [0.4, 0.5) is 0 Å². The fourth-order valence-corrected chi connectivity index (χ4v) is 2.80. The summed E-state index contributed by atoms with van der Waals surface area (Å²) < 4.78 is 0. The minimum Gasteiger partial charge on any atom is -0.356 e. The van der Waals surface area contributed by atoms with Crippen LogP contribution in [0.5, 0.6) is 0 Å². The van der Waals surface area contributed by atoms with Crippen LogP contribution in [0.25, 0.3) is 0 Å². The molecule has 0 aromatic heterocycles. The minimum atomic E-state index is 0.752. The highest BCUT2D eigenvalue weighted by Gasteiger charge is 2.19. The van der Waals surface area contributed by atoms with Crippen LogP contribution in [0.15, 0.2) is 17.6 Å². The molecule has 1 atom stereocenters. The Labute approximate surface area is 124 Å². The number of allylic oxidation sites excluding steroid dienone is 1. The molecule has 0 bridgehead atoms. The van der Waals surface area contributed by atoms with Crippen molar-refractivity contribution >= 4 is 5.96 Å². The maximum atomic E-state index is 4.38. The summed E-state index contributed by atoms with van der Waals surface area (Å²) in [6.45, 7) is 11.7. The molecule has 0 saturated carbocycles. The Morgan fingerprint density at radius 3 is 3.00 bits per heavy atom. The van der Waals surface area contributed by atoms with Gasteiger partial charge in [0.2, 0.25) is 0 Å². The highest BCUT2D eigenvalue weighted by Crippen LogP contribution is 2.15. The Morgan fingerprint density at radius 1 is 1.55 bits per heavy atom. The first-order valence-electron chi connectivity index (χ1n) is 7.96. The normalized spacial score (nSPS) is 20.8. The summed E-state index contributed by atoms with van der Waals surface area (Å²) >= 11 is 0. The smallest absolute Gasteiger partial charge is 0.193 e. The van der Waals surface area contributed by atoms with E-state index >= 15 is 0 Å². The third-order valence-electron chi connectivity index (χ3n) is 4.07. The molecule has 0 aromatic carbocycles. The van der Waals surface area contributed by atoms with Crippen LogP contribution in [-0.4, -0.2) is 62.6 Å². The van der Waals surface area contributed by atoms with Gasteiger partial charge in [0.15, 0.2) is 5.96 Å². The molecule has 0 radical (unpaired) electrons. The summed E-state index contributed by atoms with van der Waals surface area (Å²) in [7, 11) is 3.98. The van der Waals surface area contributed by atoms with Gasteiger partial charge in [-0.25, -0.2) is 0 Å². The zero-order valence-electron chi connectivity index (χ0n) is 13.6. The lowest BCUT2D eigenvalue weighted by molar-refractivity contribution is 0.183. The van der Waals surface area contributed by atoms with Gasteiger partial charge in [-0.1, -0.05) is 13.0 Å². The summed E-state index contributed by atoms with van der Waals surface area (Å²) in [5.41, 5.74) is 0. The number of rotatable bonds is 7. The molecule has 1 aliphatic rings. The van der Waals surface area contributed by atoms with Gasteiger partial charge in [0, 0.05) is 33.7 Å². The molecular weight excluding hydrogens is 248 g/mol. The van der Waals surface area contributed by atoms with Gasteiger partial charge in [-0.2, -0.15) is 0 Å². The Hall–Kier alpha value is -1.03. The topological polar surface area (TPSA) is 30.9 Å². The molecule has 0 aromatic rings. The van der Waals surface area contributed by atoms with E-state index in [9.17, 15) is 0 Å². The summed E-state index contributed by atoms with van der Waals surface area (Å²) in [5.74, 6) is 1.77. The second kappa shape index (κ2) is 9.81. The van der Waals surface area contributed by atoms with Gasteiger partial charge in [-0.3, -0.25) is 4.99 Å². The predicted octanol–water partition coefficient (Wildman–Crippen LogP) is 2.19. The standard InChI is InChI=1S/C16H32N4/c1-5-7-8-11-19(4)16(17-3)18-13-15-10-9-12-20(6-2)14-15/h5,15H,1,6-14H2,2-4H3,(H,17,18). The summed E-state index contributed by atoms with van der Waals surface area (Å²) in [6, 6.07) is 0. The first kappa shape index (κ1) is 17.0. The molecule has 116 valence electrons. The van der Waals surface area contributed by atoms with E-state index in [2.05, 4.69) is 40.7 Å². The predicted molar refractivity (Wildman–Crippen MR) is 88.3 cm³/mol. The van der Waals surface area contributed by atoms with E-state index in [4.69, 9.17) is 0 Å². The third kappa shape index (κ3) is 5.95. The lowest BCUT2D eigenvalue weighted by Crippen LogP contribution is -2.45. The summed E-state index contributed by atoms with van der Waals surface area (Å²) in [6.07, 6.45) is 6.84. The van der Waals surface area contributed by atoms with E-state index in [1.54, 1.807) is 0 Å². The number of hydrogen-bond acceptors (Lipinski definition) is 2. The van der Waals surface area contributed by atoms with Crippen molar-refractivity contribution in [1.82, 2.24) is 15.1 Å². The van der Waals surface area contributed by atoms with Gasteiger partial charge in [0.25, 0.3) is 0 Å². The largest absolute Gasteiger partial charge is 0.356 e. The van der Waals surface area contributed by atoms with Crippen molar-refractivity contribution in [1.29, 1.82) is 0 Å². The molecule has 1 rings (SSSR count). The Morgan fingerprint density at radius 2 is 2.35 bits per heavy atom. The molecule has 20 heavy (non-hydrogen) atoms. The molecular formula is C16H32N4. The average Bonchev–Trinajstić information content (AvgIpc) is 2.48. The maximum Gasteiger partial charge on any atom is 0.193 e. The number of aliphatic imine (C=N–C) groups is 1. The first-order chi connectivity index (χ1) is 9.71. The molecule has 0 amide bonds. The third-order valence-corrected chi connectivity index (χ3v) is 4.07.